The van der Waals surface area contributed by atoms with Crippen LogP contribution in [-0.4, -0.2) is 55.2 Å². The number of aromatic amines is 1. The summed E-state index contributed by atoms with van der Waals surface area (Å²) in [7, 11) is 0. The van der Waals surface area contributed by atoms with Crippen molar-refractivity contribution < 1.29 is 5.11 Å². The van der Waals surface area contributed by atoms with Crippen molar-refractivity contribution in [2.45, 2.75) is 45.2 Å². The second-order valence-electron chi connectivity index (χ2n) is 8.18. The van der Waals surface area contributed by atoms with Crippen molar-refractivity contribution in [2.75, 3.05) is 18.0 Å². The minimum Gasteiger partial charge on any atom is -0.507 e. The van der Waals surface area contributed by atoms with E-state index in [0.29, 0.717) is 23.2 Å². The van der Waals surface area contributed by atoms with Gasteiger partial charge in [-0.25, -0.2) is 4.98 Å². The SMILES string of the molecule is CCC(C)(C)NC1CCN(c2ncc(-c3ccc(-c4cn[nH]c4)cc3O)nn2)C1. The van der Waals surface area contributed by atoms with Gasteiger partial charge in [0.25, 0.3) is 0 Å². The van der Waals surface area contributed by atoms with E-state index >= 15 is 0 Å². The highest BCUT2D eigenvalue weighted by molar-refractivity contribution is 5.73. The first-order valence-electron chi connectivity index (χ1n) is 10.00. The van der Waals surface area contributed by atoms with E-state index in [2.05, 4.69) is 56.4 Å². The maximum atomic E-state index is 10.4. The molecule has 3 aromatic rings. The number of rotatable bonds is 6. The first-order chi connectivity index (χ1) is 13.9. The maximum absolute atomic E-state index is 10.4. The molecule has 1 saturated heterocycles. The Labute approximate surface area is 170 Å². The van der Waals surface area contributed by atoms with Gasteiger partial charge in [-0.2, -0.15) is 5.10 Å². The lowest BCUT2D eigenvalue weighted by atomic mass is 10.0. The normalized spacial score (nSPS) is 17.1. The van der Waals surface area contributed by atoms with Crippen molar-refractivity contribution >= 4 is 5.95 Å². The lowest BCUT2D eigenvalue weighted by molar-refractivity contribution is 0.334. The fraction of sp³-hybridized carbons (Fsp3) is 0.429. The third kappa shape index (κ3) is 4.22. The maximum Gasteiger partial charge on any atom is 0.245 e. The van der Waals surface area contributed by atoms with Crippen molar-refractivity contribution in [1.29, 1.82) is 0 Å². The molecule has 0 saturated carbocycles. The average Bonchev–Trinajstić information content (AvgIpc) is 3.40. The molecular weight excluding hydrogens is 366 g/mol. The minimum atomic E-state index is 0.129. The number of hydrogen-bond acceptors (Lipinski definition) is 7. The van der Waals surface area contributed by atoms with Crippen LogP contribution in [0.4, 0.5) is 5.95 Å². The summed E-state index contributed by atoms with van der Waals surface area (Å²) in [5, 5.41) is 29.5. The van der Waals surface area contributed by atoms with E-state index in [4.69, 9.17) is 0 Å². The smallest absolute Gasteiger partial charge is 0.245 e. The molecular formula is C21H27N7O. The molecule has 152 valence electrons. The summed E-state index contributed by atoms with van der Waals surface area (Å²) in [5.74, 6) is 0.765. The minimum absolute atomic E-state index is 0.129. The third-order valence-electron chi connectivity index (χ3n) is 5.60. The topological polar surface area (TPSA) is 103 Å². The standard InChI is InChI=1S/C21H27N7O/c1-4-21(2,3)25-16-7-8-28(13-16)20-22-12-18(26-27-20)17-6-5-14(9-19(17)29)15-10-23-24-11-15/h5-6,9-12,16,25,29H,4,7-8,13H2,1-3H3,(H,23,24). The number of H-pyrrole nitrogens is 1. The largest absolute Gasteiger partial charge is 0.507 e. The predicted molar refractivity (Wildman–Crippen MR) is 113 cm³/mol. The fourth-order valence-corrected chi connectivity index (χ4v) is 3.59. The van der Waals surface area contributed by atoms with Gasteiger partial charge >= 0.3 is 0 Å². The Bertz CT molecular complexity index is 954. The fourth-order valence-electron chi connectivity index (χ4n) is 3.59. The first kappa shape index (κ1) is 19.3. The zero-order valence-corrected chi connectivity index (χ0v) is 17.1. The van der Waals surface area contributed by atoms with Crippen molar-refractivity contribution in [1.82, 2.24) is 30.7 Å². The lowest BCUT2D eigenvalue weighted by Crippen LogP contribution is -2.46. The molecule has 3 heterocycles. The Hall–Kier alpha value is -3.00. The van der Waals surface area contributed by atoms with Gasteiger partial charge in [-0.05, 0) is 44.4 Å². The number of aromatic nitrogens is 5. The van der Waals surface area contributed by atoms with Gasteiger partial charge in [0.15, 0.2) is 0 Å². The van der Waals surface area contributed by atoms with Gasteiger partial charge in [0.05, 0.1) is 12.4 Å². The molecule has 1 aliphatic heterocycles. The molecule has 0 spiro atoms. The average molecular weight is 393 g/mol. The summed E-state index contributed by atoms with van der Waals surface area (Å²) in [5.41, 5.74) is 3.07. The van der Waals surface area contributed by atoms with Crippen LogP contribution >= 0.6 is 0 Å². The zero-order chi connectivity index (χ0) is 20.4. The second kappa shape index (κ2) is 7.79. The van der Waals surface area contributed by atoms with Crippen molar-refractivity contribution in [3.8, 4) is 28.1 Å². The molecule has 29 heavy (non-hydrogen) atoms. The highest BCUT2D eigenvalue weighted by Gasteiger charge is 2.28. The quantitative estimate of drug-likeness (QED) is 0.591. The lowest BCUT2D eigenvalue weighted by Gasteiger charge is -2.29. The van der Waals surface area contributed by atoms with Crippen LogP contribution in [0.3, 0.4) is 0 Å². The summed E-state index contributed by atoms with van der Waals surface area (Å²) in [6, 6.07) is 5.86. The first-order valence-corrected chi connectivity index (χ1v) is 10.00. The second-order valence-corrected chi connectivity index (χ2v) is 8.18. The number of nitrogens with one attached hydrogen (secondary N) is 2. The highest BCUT2D eigenvalue weighted by Crippen LogP contribution is 2.32. The third-order valence-corrected chi connectivity index (χ3v) is 5.60. The molecule has 0 radical (unpaired) electrons. The molecule has 2 aromatic heterocycles. The van der Waals surface area contributed by atoms with E-state index in [-0.39, 0.29) is 11.3 Å². The molecule has 0 bridgehead atoms. The summed E-state index contributed by atoms with van der Waals surface area (Å²) in [6.07, 6.45) is 7.31. The Kier molecular flexibility index (Phi) is 5.19. The number of nitrogens with zero attached hydrogens (tertiary/aromatic N) is 5. The van der Waals surface area contributed by atoms with Crippen LogP contribution in [0.15, 0.2) is 36.8 Å². The van der Waals surface area contributed by atoms with Crippen LogP contribution in [0.2, 0.25) is 0 Å². The van der Waals surface area contributed by atoms with Crippen molar-refractivity contribution in [3.63, 3.8) is 0 Å². The van der Waals surface area contributed by atoms with Crippen molar-refractivity contribution in [2.24, 2.45) is 0 Å². The van der Waals surface area contributed by atoms with Gasteiger partial charge in [-0.1, -0.05) is 13.0 Å². The number of anilines is 1. The number of benzene rings is 1. The monoisotopic (exact) mass is 393 g/mol. The highest BCUT2D eigenvalue weighted by atomic mass is 16.3. The molecule has 0 aliphatic carbocycles. The predicted octanol–water partition coefficient (Wildman–Crippen LogP) is 2.99. The summed E-state index contributed by atoms with van der Waals surface area (Å²) >= 11 is 0. The molecule has 0 amide bonds. The van der Waals surface area contributed by atoms with E-state index in [1.165, 1.54) is 0 Å². The van der Waals surface area contributed by atoms with E-state index < -0.39 is 0 Å². The molecule has 1 fully saturated rings. The molecule has 8 heteroatoms. The van der Waals surface area contributed by atoms with Crippen LogP contribution in [0.1, 0.15) is 33.6 Å². The van der Waals surface area contributed by atoms with E-state index in [1.54, 1.807) is 24.7 Å². The van der Waals surface area contributed by atoms with Gasteiger partial charge in [-0.15, -0.1) is 10.2 Å². The van der Waals surface area contributed by atoms with Crippen LogP contribution < -0.4 is 10.2 Å². The molecule has 1 unspecified atom stereocenters. The van der Waals surface area contributed by atoms with Crippen LogP contribution in [-0.2, 0) is 0 Å². The van der Waals surface area contributed by atoms with Crippen LogP contribution in [0.5, 0.6) is 5.75 Å². The Morgan fingerprint density at radius 3 is 2.76 bits per heavy atom. The van der Waals surface area contributed by atoms with Crippen LogP contribution in [0.25, 0.3) is 22.4 Å². The van der Waals surface area contributed by atoms with Gasteiger partial charge < -0.3 is 15.3 Å². The Balaban J connectivity index is 1.46. The van der Waals surface area contributed by atoms with Gasteiger partial charge in [0.1, 0.15) is 11.4 Å². The molecule has 3 N–H and O–H groups in total. The number of phenols is 1. The molecule has 8 nitrogen and oxygen atoms in total. The molecule has 1 atom stereocenters. The van der Waals surface area contributed by atoms with Gasteiger partial charge in [0, 0.05) is 42.0 Å². The van der Waals surface area contributed by atoms with E-state index in [9.17, 15) is 5.11 Å². The molecule has 4 rings (SSSR count). The van der Waals surface area contributed by atoms with E-state index in [1.807, 2.05) is 12.1 Å². The number of hydrogen-bond donors (Lipinski definition) is 3. The van der Waals surface area contributed by atoms with E-state index in [0.717, 1.165) is 37.1 Å². The van der Waals surface area contributed by atoms with Gasteiger partial charge in [0.2, 0.25) is 5.95 Å². The summed E-state index contributed by atoms with van der Waals surface area (Å²) in [6.45, 7) is 8.43. The summed E-state index contributed by atoms with van der Waals surface area (Å²) < 4.78 is 0. The Morgan fingerprint density at radius 1 is 1.24 bits per heavy atom. The number of aromatic hydroxyl groups is 1. The van der Waals surface area contributed by atoms with Crippen molar-refractivity contribution in [3.05, 3.63) is 36.8 Å². The zero-order valence-electron chi connectivity index (χ0n) is 17.1. The molecule has 1 aliphatic rings. The van der Waals surface area contributed by atoms with Gasteiger partial charge in [-0.3, -0.25) is 5.10 Å². The summed E-state index contributed by atoms with van der Waals surface area (Å²) in [4.78, 5) is 6.65. The Morgan fingerprint density at radius 2 is 2.10 bits per heavy atom. The van der Waals surface area contributed by atoms with Crippen LogP contribution in [0, 0.1) is 0 Å². The molecule has 1 aromatic carbocycles. The number of phenolic OH excluding ortho intramolecular Hbond substituents is 1.